The average Bonchev–Trinajstić information content (AvgIpc) is 3.45. The van der Waals surface area contributed by atoms with Gasteiger partial charge in [-0.1, -0.05) is 50.2 Å². The molecule has 15 heteroatoms. The predicted molar refractivity (Wildman–Crippen MR) is 172 cm³/mol. The van der Waals surface area contributed by atoms with Crippen LogP contribution in [-0.4, -0.2) is 85.9 Å². The molecule has 2 aromatic heterocycles. The fourth-order valence-electron chi connectivity index (χ4n) is 5.09. The van der Waals surface area contributed by atoms with Crippen LogP contribution in [0.15, 0.2) is 53.3 Å². The molecule has 0 saturated carbocycles. The second-order valence-electron chi connectivity index (χ2n) is 11.9. The fourth-order valence-corrected chi connectivity index (χ4v) is 5.09. The molecule has 0 fully saturated rings. The Bertz CT molecular complexity index is 1650. The van der Waals surface area contributed by atoms with Crippen molar-refractivity contribution in [1.82, 2.24) is 45.9 Å². The summed E-state index contributed by atoms with van der Waals surface area (Å²) in [7, 11) is 0. The summed E-state index contributed by atoms with van der Waals surface area (Å²) in [6.07, 6.45) is 0.591. The van der Waals surface area contributed by atoms with E-state index in [1.165, 1.54) is 34.7 Å². The van der Waals surface area contributed by atoms with Crippen molar-refractivity contribution in [2.24, 2.45) is 5.92 Å². The molecule has 5 N–H and O–H groups in total. The third-order valence-corrected chi connectivity index (χ3v) is 7.43. The first kappa shape index (κ1) is 34.5. The van der Waals surface area contributed by atoms with E-state index in [1.807, 2.05) is 44.2 Å². The molecular formula is C32H41N9O6. The van der Waals surface area contributed by atoms with Gasteiger partial charge in [-0.15, -0.1) is 0 Å². The van der Waals surface area contributed by atoms with Crippen LogP contribution in [0.2, 0.25) is 0 Å². The van der Waals surface area contributed by atoms with Crippen LogP contribution in [-0.2, 0) is 25.7 Å². The first-order chi connectivity index (χ1) is 22.4. The summed E-state index contributed by atoms with van der Waals surface area (Å²) in [5.74, 6) is -1.90. The molecule has 3 atom stereocenters. The highest BCUT2D eigenvalue weighted by Gasteiger charge is 2.29. The quantitative estimate of drug-likeness (QED) is 0.270. The van der Waals surface area contributed by atoms with Gasteiger partial charge in [-0.25, -0.2) is 9.67 Å². The second kappa shape index (κ2) is 15.8. The number of nitrogens with zero attached hydrogens (tertiary/aromatic N) is 4. The van der Waals surface area contributed by atoms with Gasteiger partial charge in [0, 0.05) is 24.7 Å². The number of hydrogen-bond acceptors (Lipinski definition) is 8. The third kappa shape index (κ3) is 9.58. The minimum Gasteiger partial charge on any atom is -0.354 e. The van der Waals surface area contributed by atoms with Crippen molar-refractivity contribution < 1.29 is 24.0 Å². The van der Waals surface area contributed by atoms with Crippen LogP contribution in [0.5, 0.6) is 0 Å². The van der Waals surface area contributed by atoms with Gasteiger partial charge >= 0.3 is 0 Å². The maximum absolute atomic E-state index is 13.5. The number of hydrogen-bond donors (Lipinski definition) is 5. The van der Waals surface area contributed by atoms with E-state index in [0.29, 0.717) is 18.1 Å². The van der Waals surface area contributed by atoms with E-state index in [0.717, 1.165) is 5.56 Å². The van der Waals surface area contributed by atoms with E-state index in [9.17, 15) is 28.8 Å². The van der Waals surface area contributed by atoms with Gasteiger partial charge in [0.1, 0.15) is 30.1 Å². The molecule has 250 valence electrons. The lowest BCUT2D eigenvalue weighted by Gasteiger charge is -2.25. The SMILES string of the molecule is CC(C)C[C@H]1NC(=O)[C@@H](C)NC(=O)CN(C(=O)c2cccc(=O)[nH]2)CCCNC(=O)Cn2nc(-c3ccccc3)nc2[C@H](C)NC1=O. The molecule has 0 aliphatic carbocycles. The van der Waals surface area contributed by atoms with Crippen molar-refractivity contribution in [2.75, 3.05) is 19.6 Å². The normalized spacial score (nSPS) is 20.5. The Morgan fingerprint density at radius 2 is 1.62 bits per heavy atom. The number of benzene rings is 1. The van der Waals surface area contributed by atoms with Crippen molar-refractivity contribution in [2.45, 2.75) is 65.2 Å². The summed E-state index contributed by atoms with van der Waals surface area (Å²) in [6.45, 7) is 6.62. The second-order valence-corrected chi connectivity index (χ2v) is 11.9. The van der Waals surface area contributed by atoms with E-state index in [1.54, 1.807) is 6.92 Å². The number of rotatable bonds is 4. The van der Waals surface area contributed by atoms with Crippen LogP contribution in [0, 0.1) is 5.92 Å². The zero-order valence-corrected chi connectivity index (χ0v) is 26.9. The number of H-pyrrole nitrogens is 1. The lowest BCUT2D eigenvalue weighted by Crippen LogP contribution is -2.54. The first-order valence-corrected chi connectivity index (χ1v) is 15.6. The number of fused-ring (bicyclic) bond motifs is 1. The Labute approximate surface area is 271 Å². The van der Waals surface area contributed by atoms with Gasteiger partial charge in [0.05, 0.1) is 12.6 Å². The molecular weight excluding hydrogens is 606 g/mol. The standard InChI is InChI=1S/C32H41N9O6/c1-19(2)16-24-31(46)35-20(3)29-38-28(22-10-6-5-7-11-22)39-41(29)18-26(43)33-14-9-15-40(17-27(44)34-21(4)30(45)37-24)32(47)23-12-8-13-25(42)36-23/h5-8,10-13,19-21,24H,9,14-18H2,1-4H3,(H,33,43)(H,34,44)(H,35,46)(H,36,42)(H,37,45)/t20-,21+,24+/m0/s1. The molecule has 5 amide bonds. The highest BCUT2D eigenvalue weighted by molar-refractivity contribution is 5.96. The fraction of sp³-hybridized carbons (Fsp3) is 0.438. The van der Waals surface area contributed by atoms with Crippen molar-refractivity contribution in [3.8, 4) is 11.4 Å². The maximum atomic E-state index is 13.5. The van der Waals surface area contributed by atoms with Crippen LogP contribution in [0.3, 0.4) is 0 Å². The van der Waals surface area contributed by atoms with Crippen LogP contribution < -0.4 is 26.8 Å². The molecule has 3 aromatic rings. The monoisotopic (exact) mass is 647 g/mol. The van der Waals surface area contributed by atoms with Gasteiger partial charge in [-0.2, -0.15) is 5.10 Å². The summed E-state index contributed by atoms with van der Waals surface area (Å²) < 4.78 is 1.43. The van der Waals surface area contributed by atoms with Gasteiger partial charge in [-0.3, -0.25) is 28.8 Å². The summed E-state index contributed by atoms with van der Waals surface area (Å²) in [6, 6.07) is 10.7. The van der Waals surface area contributed by atoms with Gasteiger partial charge in [0.25, 0.3) is 5.91 Å². The van der Waals surface area contributed by atoms with Crippen LogP contribution >= 0.6 is 0 Å². The van der Waals surface area contributed by atoms with Gasteiger partial charge in [0.2, 0.25) is 29.2 Å². The summed E-state index contributed by atoms with van der Waals surface area (Å²) in [4.78, 5) is 86.3. The summed E-state index contributed by atoms with van der Waals surface area (Å²) >= 11 is 0. The molecule has 0 radical (unpaired) electrons. The Balaban J connectivity index is 1.64. The third-order valence-electron chi connectivity index (χ3n) is 7.43. The number of pyridine rings is 1. The summed E-state index contributed by atoms with van der Waals surface area (Å²) in [5, 5.41) is 15.6. The zero-order chi connectivity index (χ0) is 34.1. The number of aromatic amines is 1. The van der Waals surface area contributed by atoms with Crippen molar-refractivity contribution in [3.05, 3.63) is 70.4 Å². The number of amides is 5. The average molecular weight is 648 g/mol. The van der Waals surface area contributed by atoms with Crippen LogP contribution in [0.1, 0.15) is 62.9 Å². The van der Waals surface area contributed by atoms with E-state index in [2.05, 4.69) is 36.3 Å². The van der Waals surface area contributed by atoms with Crippen LogP contribution in [0.4, 0.5) is 0 Å². The molecule has 0 spiro atoms. The Hall–Kier alpha value is -5.34. The highest BCUT2D eigenvalue weighted by Crippen LogP contribution is 2.19. The molecule has 47 heavy (non-hydrogen) atoms. The molecule has 0 unspecified atom stereocenters. The molecule has 0 saturated heterocycles. The van der Waals surface area contributed by atoms with Crippen molar-refractivity contribution in [1.29, 1.82) is 0 Å². The van der Waals surface area contributed by atoms with Gasteiger partial charge < -0.3 is 31.2 Å². The smallest absolute Gasteiger partial charge is 0.270 e. The summed E-state index contributed by atoms with van der Waals surface area (Å²) in [5.41, 5.74) is 0.238. The van der Waals surface area contributed by atoms with Crippen LogP contribution in [0.25, 0.3) is 11.4 Å². The zero-order valence-electron chi connectivity index (χ0n) is 26.9. The Morgan fingerprint density at radius 1 is 0.872 bits per heavy atom. The number of aromatic nitrogens is 4. The maximum Gasteiger partial charge on any atom is 0.270 e. The molecule has 0 bridgehead atoms. The molecule has 4 rings (SSSR count). The van der Waals surface area contributed by atoms with Gasteiger partial charge in [-0.05, 0) is 38.7 Å². The van der Waals surface area contributed by atoms with E-state index in [4.69, 9.17) is 0 Å². The largest absolute Gasteiger partial charge is 0.354 e. The van der Waals surface area contributed by atoms with E-state index in [-0.39, 0.29) is 43.6 Å². The number of carbonyl (C=O) groups excluding carboxylic acids is 5. The lowest BCUT2D eigenvalue weighted by molar-refractivity contribution is -0.132. The first-order valence-electron chi connectivity index (χ1n) is 15.6. The minimum absolute atomic E-state index is 0.0110. The van der Waals surface area contributed by atoms with E-state index >= 15 is 0 Å². The molecule has 1 aliphatic rings. The highest BCUT2D eigenvalue weighted by atomic mass is 16.2. The van der Waals surface area contributed by atoms with Gasteiger partial charge in [0.15, 0.2) is 5.82 Å². The molecule has 3 heterocycles. The number of nitrogens with one attached hydrogen (secondary N) is 5. The lowest BCUT2D eigenvalue weighted by atomic mass is 10.0. The molecule has 15 nitrogen and oxygen atoms in total. The molecule has 1 aromatic carbocycles. The topological polar surface area (TPSA) is 200 Å². The van der Waals surface area contributed by atoms with Crippen molar-refractivity contribution in [3.63, 3.8) is 0 Å². The Morgan fingerprint density at radius 3 is 2.32 bits per heavy atom. The van der Waals surface area contributed by atoms with Crippen molar-refractivity contribution >= 4 is 29.5 Å². The Kier molecular flexibility index (Phi) is 11.6. The number of carbonyl (C=O) groups is 5. The minimum atomic E-state index is -1.03. The molecule has 1 aliphatic heterocycles. The predicted octanol–water partition coefficient (Wildman–Crippen LogP) is 0.509. The van der Waals surface area contributed by atoms with E-state index < -0.39 is 53.9 Å².